The Balaban J connectivity index is 1.97. The highest BCUT2D eigenvalue weighted by molar-refractivity contribution is 5.90. The molecule has 0 spiro atoms. The van der Waals surface area contributed by atoms with Crippen LogP contribution in [0, 0.1) is 0 Å². The van der Waals surface area contributed by atoms with Crippen LogP contribution in [-0.2, 0) is 9.47 Å². The van der Waals surface area contributed by atoms with Crippen molar-refractivity contribution in [2.75, 3.05) is 26.4 Å². The molecule has 0 radical (unpaired) electrons. The van der Waals surface area contributed by atoms with Crippen molar-refractivity contribution in [2.24, 2.45) is 0 Å². The molecule has 2 rings (SSSR count). The molecule has 0 aromatic heterocycles. The second-order valence-electron chi connectivity index (χ2n) is 5.11. The van der Waals surface area contributed by atoms with Crippen LogP contribution in [0.5, 0.6) is 11.5 Å². The van der Waals surface area contributed by atoms with E-state index in [4.69, 9.17) is 18.9 Å². The van der Waals surface area contributed by atoms with Crippen LogP contribution < -0.4 is 9.47 Å². The first kappa shape index (κ1) is 16.6. The minimum Gasteiger partial charge on any atom is -0.490 e. The van der Waals surface area contributed by atoms with E-state index in [0.717, 1.165) is 25.9 Å². The zero-order valence-corrected chi connectivity index (χ0v) is 13.3. The van der Waals surface area contributed by atoms with E-state index in [1.54, 1.807) is 18.2 Å². The number of rotatable bonds is 7. The maximum Gasteiger partial charge on any atom is 0.338 e. The molecule has 0 N–H and O–H groups in total. The molecule has 1 aromatic rings. The Labute approximate surface area is 131 Å². The van der Waals surface area contributed by atoms with Crippen molar-refractivity contribution < 1.29 is 23.7 Å². The van der Waals surface area contributed by atoms with Crippen molar-refractivity contribution >= 4 is 5.97 Å². The fourth-order valence-corrected chi connectivity index (χ4v) is 2.37. The van der Waals surface area contributed by atoms with Gasteiger partial charge in [-0.2, -0.15) is 0 Å². The number of esters is 1. The second-order valence-corrected chi connectivity index (χ2v) is 5.11. The van der Waals surface area contributed by atoms with Gasteiger partial charge in [0, 0.05) is 6.61 Å². The quantitative estimate of drug-likeness (QED) is 0.724. The predicted molar refractivity (Wildman–Crippen MR) is 82.7 cm³/mol. The Morgan fingerprint density at radius 3 is 2.64 bits per heavy atom. The average Bonchev–Trinajstić information content (AvgIpc) is 2.55. The summed E-state index contributed by atoms with van der Waals surface area (Å²) in [6.45, 7) is 5.90. The molecule has 122 valence electrons. The predicted octanol–water partition coefficient (Wildman–Crippen LogP) is 3.21. The van der Waals surface area contributed by atoms with Gasteiger partial charge in [0.15, 0.2) is 11.5 Å². The van der Waals surface area contributed by atoms with Gasteiger partial charge in [0.2, 0.25) is 0 Å². The van der Waals surface area contributed by atoms with Gasteiger partial charge in [0.25, 0.3) is 0 Å². The van der Waals surface area contributed by atoms with E-state index in [0.29, 0.717) is 36.9 Å². The molecule has 1 aliphatic rings. The number of carbonyl (C=O) groups excluding carboxylic acids is 1. The summed E-state index contributed by atoms with van der Waals surface area (Å²) in [4.78, 5) is 12.1. The van der Waals surface area contributed by atoms with Gasteiger partial charge in [0.1, 0.15) is 6.61 Å². The summed E-state index contributed by atoms with van der Waals surface area (Å²) in [7, 11) is 0. The molecule has 1 unspecified atom stereocenters. The first-order chi connectivity index (χ1) is 10.7. The van der Waals surface area contributed by atoms with Gasteiger partial charge < -0.3 is 18.9 Å². The molecule has 1 heterocycles. The fraction of sp³-hybridized carbons (Fsp3) is 0.588. The van der Waals surface area contributed by atoms with Crippen molar-refractivity contribution in [2.45, 2.75) is 39.2 Å². The van der Waals surface area contributed by atoms with E-state index in [1.807, 2.05) is 13.8 Å². The van der Waals surface area contributed by atoms with Crippen LogP contribution in [0.1, 0.15) is 43.5 Å². The highest BCUT2D eigenvalue weighted by Gasteiger charge is 2.18. The van der Waals surface area contributed by atoms with Crippen molar-refractivity contribution in [3.8, 4) is 11.5 Å². The van der Waals surface area contributed by atoms with E-state index in [-0.39, 0.29) is 12.1 Å². The number of carbonyl (C=O) groups is 1. The zero-order chi connectivity index (χ0) is 15.8. The normalized spacial score (nSPS) is 17.8. The highest BCUT2D eigenvalue weighted by atomic mass is 16.6. The van der Waals surface area contributed by atoms with E-state index in [2.05, 4.69) is 0 Å². The van der Waals surface area contributed by atoms with Crippen LogP contribution in [0.4, 0.5) is 0 Å². The fourth-order valence-electron chi connectivity index (χ4n) is 2.37. The standard InChI is InChI=1S/C17H24O5/c1-3-19-15-9-8-13(11-16(15)20-4-2)17(18)22-12-14-7-5-6-10-21-14/h8-9,11,14H,3-7,10,12H2,1-2H3. The van der Waals surface area contributed by atoms with Gasteiger partial charge in [-0.25, -0.2) is 4.79 Å². The molecule has 0 saturated carbocycles. The first-order valence-corrected chi connectivity index (χ1v) is 7.93. The van der Waals surface area contributed by atoms with Crippen LogP contribution in [0.3, 0.4) is 0 Å². The molecule has 0 aliphatic carbocycles. The first-order valence-electron chi connectivity index (χ1n) is 7.93. The molecule has 22 heavy (non-hydrogen) atoms. The van der Waals surface area contributed by atoms with Gasteiger partial charge in [-0.15, -0.1) is 0 Å². The van der Waals surface area contributed by atoms with Crippen molar-refractivity contribution in [3.63, 3.8) is 0 Å². The Bertz CT molecular complexity index is 480. The van der Waals surface area contributed by atoms with Gasteiger partial charge in [-0.3, -0.25) is 0 Å². The van der Waals surface area contributed by atoms with E-state index < -0.39 is 0 Å². The second kappa shape index (κ2) is 8.63. The molecule has 1 aliphatic heterocycles. The molecule has 0 amide bonds. The van der Waals surface area contributed by atoms with Crippen molar-refractivity contribution in [1.29, 1.82) is 0 Å². The summed E-state index contributed by atoms with van der Waals surface area (Å²) in [6.07, 6.45) is 3.17. The summed E-state index contributed by atoms with van der Waals surface area (Å²) >= 11 is 0. The third-order valence-corrected chi connectivity index (χ3v) is 3.45. The van der Waals surface area contributed by atoms with E-state index >= 15 is 0 Å². The Morgan fingerprint density at radius 2 is 1.95 bits per heavy atom. The van der Waals surface area contributed by atoms with Crippen LogP contribution in [0.25, 0.3) is 0 Å². The van der Waals surface area contributed by atoms with E-state index in [1.165, 1.54) is 0 Å². The zero-order valence-electron chi connectivity index (χ0n) is 13.3. The molecule has 1 aromatic carbocycles. The Hall–Kier alpha value is -1.75. The van der Waals surface area contributed by atoms with Gasteiger partial charge in [0.05, 0.1) is 24.9 Å². The lowest BCUT2D eigenvalue weighted by molar-refractivity contribution is -0.0300. The van der Waals surface area contributed by atoms with Crippen molar-refractivity contribution in [3.05, 3.63) is 23.8 Å². The lowest BCUT2D eigenvalue weighted by Crippen LogP contribution is -2.25. The SMILES string of the molecule is CCOc1ccc(C(=O)OCC2CCCCO2)cc1OCC. The third-order valence-electron chi connectivity index (χ3n) is 3.45. The Kier molecular flexibility index (Phi) is 6.52. The minimum absolute atomic E-state index is 0.0201. The molecule has 5 heteroatoms. The lowest BCUT2D eigenvalue weighted by atomic mass is 10.1. The topological polar surface area (TPSA) is 54.0 Å². The van der Waals surface area contributed by atoms with E-state index in [9.17, 15) is 4.79 Å². The van der Waals surface area contributed by atoms with Crippen LogP contribution in [-0.4, -0.2) is 38.5 Å². The molecule has 1 fully saturated rings. The van der Waals surface area contributed by atoms with Crippen LogP contribution in [0.2, 0.25) is 0 Å². The number of hydrogen-bond acceptors (Lipinski definition) is 5. The van der Waals surface area contributed by atoms with Gasteiger partial charge >= 0.3 is 5.97 Å². The summed E-state index contributed by atoms with van der Waals surface area (Å²) in [5.41, 5.74) is 0.461. The van der Waals surface area contributed by atoms with Crippen LogP contribution >= 0.6 is 0 Å². The minimum atomic E-state index is -0.363. The average molecular weight is 308 g/mol. The molecule has 0 bridgehead atoms. The van der Waals surface area contributed by atoms with Gasteiger partial charge in [-0.05, 0) is 51.3 Å². The molecular formula is C17H24O5. The molecule has 5 nitrogen and oxygen atoms in total. The summed E-state index contributed by atoms with van der Waals surface area (Å²) in [5.74, 6) is 0.836. The summed E-state index contributed by atoms with van der Waals surface area (Å²) in [5, 5.41) is 0. The number of benzene rings is 1. The molecular weight excluding hydrogens is 284 g/mol. The lowest BCUT2D eigenvalue weighted by Gasteiger charge is -2.22. The van der Waals surface area contributed by atoms with Gasteiger partial charge in [-0.1, -0.05) is 0 Å². The molecule has 1 atom stereocenters. The summed E-state index contributed by atoms with van der Waals surface area (Å²) < 4.78 is 21.9. The van der Waals surface area contributed by atoms with Crippen LogP contribution in [0.15, 0.2) is 18.2 Å². The molecule has 1 saturated heterocycles. The third kappa shape index (κ3) is 4.63. The Morgan fingerprint density at radius 1 is 1.18 bits per heavy atom. The smallest absolute Gasteiger partial charge is 0.338 e. The summed E-state index contributed by atoms with van der Waals surface area (Å²) in [6, 6.07) is 5.10. The largest absolute Gasteiger partial charge is 0.490 e. The number of hydrogen-bond donors (Lipinski definition) is 0. The van der Waals surface area contributed by atoms with Crippen molar-refractivity contribution in [1.82, 2.24) is 0 Å². The maximum atomic E-state index is 12.1. The maximum absolute atomic E-state index is 12.1. The highest BCUT2D eigenvalue weighted by Crippen LogP contribution is 2.29. The monoisotopic (exact) mass is 308 g/mol. The number of ether oxygens (including phenoxy) is 4.